The summed E-state index contributed by atoms with van der Waals surface area (Å²) < 4.78 is 5.65. The number of non-ortho nitro benzene ring substituents is 1. The van der Waals surface area contributed by atoms with Crippen LogP contribution in [0, 0.1) is 24.0 Å². The molecule has 1 saturated heterocycles. The minimum Gasteiger partial charge on any atom is -0.493 e. The molecule has 1 fully saturated rings. The highest BCUT2D eigenvalue weighted by Crippen LogP contribution is 2.24. The van der Waals surface area contributed by atoms with E-state index in [1.54, 1.807) is 13.0 Å². The molecular formula is C22H25N3O5. The van der Waals surface area contributed by atoms with Crippen LogP contribution in [0.15, 0.2) is 36.4 Å². The predicted molar refractivity (Wildman–Crippen MR) is 113 cm³/mol. The molecule has 0 aliphatic carbocycles. The summed E-state index contributed by atoms with van der Waals surface area (Å²) in [5.74, 6) is 0.578. The fourth-order valence-corrected chi connectivity index (χ4v) is 3.62. The van der Waals surface area contributed by atoms with Crippen LogP contribution in [0.3, 0.4) is 0 Å². The number of nitrogens with zero attached hydrogens (tertiary/aromatic N) is 3. The number of anilines is 1. The van der Waals surface area contributed by atoms with E-state index < -0.39 is 4.92 Å². The molecule has 0 atom stereocenters. The van der Waals surface area contributed by atoms with Crippen LogP contribution in [-0.2, 0) is 4.79 Å². The van der Waals surface area contributed by atoms with Gasteiger partial charge in [-0.2, -0.15) is 0 Å². The molecule has 8 nitrogen and oxygen atoms in total. The zero-order valence-electron chi connectivity index (χ0n) is 17.2. The second kappa shape index (κ2) is 9.39. The van der Waals surface area contributed by atoms with Crippen LogP contribution in [0.25, 0.3) is 0 Å². The van der Waals surface area contributed by atoms with Gasteiger partial charge in [0.15, 0.2) is 0 Å². The Kier molecular flexibility index (Phi) is 6.66. The van der Waals surface area contributed by atoms with Crippen LogP contribution in [-0.4, -0.2) is 54.8 Å². The lowest BCUT2D eigenvalue weighted by Crippen LogP contribution is -2.49. The van der Waals surface area contributed by atoms with Gasteiger partial charge in [0, 0.05) is 49.6 Å². The minimum absolute atomic E-state index is 0.0184. The van der Waals surface area contributed by atoms with E-state index in [2.05, 4.69) is 4.90 Å². The third-order valence-corrected chi connectivity index (χ3v) is 5.27. The summed E-state index contributed by atoms with van der Waals surface area (Å²) in [6, 6.07) is 10.1. The maximum absolute atomic E-state index is 12.5. The van der Waals surface area contributed by atoms with E-state index in [0.29, 0.717) is 30.0 Å². The number of carbonyl (C=O) groups is 2. The fraction of sp³-hybridized carbons (Fsp3) is 0.364. The summed E-state index contributed by atoms with van der Waals surface area (Å²) in [6.07, 6.45) is 1.09. The second-order valence-electron chi connectivity index (χ2n) is 7.34. The van der Waals surface area contributed by atoms with E-state index in [-0.39, 0.29) is 24.6 Å². The highest BCUT2D eigenvalue weighted by molar-refractivity contribution is 5.78. The summed E-state index contributed by atoms with van der Waals surface area (Å²) in [5.41, 5.74) is 3.48. The summed E-state index contributed by atoms with van der Waals surface area (Å²) >= 11 is 0. The molecule has 0 saturated carbocycles. The maximum Gasteiger partial charge on any atom is 0.269 e. The quantitative estimate of drug-likeness (QED) is 0.395. The molecule has 2 aromatic carbocycles. The van der Waals surface area contributed by atoms with Crippen LogP contribution in [0.4, 0.5) is 11.4 Å². The van der Waals surface area contributed by atoms with Crippen LogP contribution in [0.2, 0.25) is 0 Å². The topological polar surface area (TPSA) is 93.0 Å². The van der Waals surface area contributed by atoms with Crippen molar-refractivity contribution in [2.45, 2.75) is 20.3 Å². The predicted octanol–water partition coefficient (Wildman–Crippen LogP) is 3.14. The molecule has 0 aromatic heterocycles. The standard InChI is InChI=1S/C22H25N3O5/c1-16-13-18(15-26)3-5-20(16)23-8-10-24(11-9-23)22(27)7-12-30-21-6-4-19(25(28)29)14-17(21)2/h3-6,13-15H,7-12H2,1-2H3. The Bertz CT molecular complexity index is 952. The van der Waals surface area contributed by atoms with Gasteiger partial charge in [-0.1, -0.05) is 0 Å². The van der Waals surface area contributed by atoms with Gasteiger partial charge in [0.1, 0.15) is 12.0 Å². The van der Waals surface area contributed by atoms with E-state index in [1.165, 1.54) is 12.1 Å². The lowest BCUT2D eigenvalue weighted by molar-refractivity contribution is -0.384. The van der Waals surface area contributed by atoms with Crippen LogP contribution in [0.5, 0.6) is 5.75 Å². The highest BCUT2D eigenvalue weighted by Gasteiger charge is 2.22. The Morgan fingerprint density at radius 1 is 1.10 bits per heavy atom. The van der Waals surface area contributed by atoms with Gasteiger partial charge in [0.05, 0.1) is 18.0 Å². The lowest BCUT2D eigenvalue weighted by atomic mass is 10.1. The van der Waals surface area contributed by atoms with Crippen LogP contribution < -0.4 is 9.64 Å². The van der Waals surface area contributed by atoms with E-state index in [9.17, 15) is 19.7 Å². The smallest absolute Gasteiger partial charge is 0.269 e. The number of nitro groups is 1. The van der Waals surface area contributed by atoms with Gasteiger partial charge in [0.2, 0.25) is 5.91 Å². The van der Waals surface area contributed by atoms with Gasteiger partial charge >= 0.3 is 0 Å². The lowest BCUT2D eigenvalue weighted by Gasteiger charge is -2.37. The first-order chi connectivity index (χ1) is 14.4. The largest absolute Gasteiger partial charge is 0.493 e. The van der Waals surface area contributed by atoms with Gasteiger partial charge < -0.3 is 14.5 Å². The number of rotatable bonds is 7. The van der Waals surface area contributed by atoms with Crippen molar-refractivity contribution in [3.05, 3.63) is 63.2 Å². The molecule has 2 aromatic rings. The van der Waals surface area contributed by atoms with Gasteiger partial charge in [-0.25, -0.2) is 0 Å². The van der Waals surface area contributed by atoms with Crippen LogP contribution in [0.1, 0.15) is 27.9 Å². The molecule has 0 spiro atoms. The molecule has 0 unspecified atom stereocenters. The van der Waals surface area contributed by atoms with Crippen molar-refractivity contribution in [2.24, 2.45) is 0 Å². The van der Waals surface area contributed by atoms with Gasteiger partial charge in [0.25, 0.3) is 5.69 Å². The normalized spacial score (nSPS) is 13.8. The van der Waals surface area contributed by atoms with Gasteiger partial charge in [-0.3, -0.25) is 19.7 Å². The number of benzene rings is 2. The van der Waals surface area contributed by atoms with Crippen molar-refractivity contribution < 1.29 is 19.2 Å². The molecule has 1 heterocycles. The van der Waals surface area contributed by atoms with Crippen molar-refractivity contribution >= 4 is 23.6 Å². The Hall–Kier alpha value is -3.42. The SMILES string of the molecule is Cc1cc([N+](=O)[O-])ccc1OCCC(=O)N1CCN(c2ccc(C=O)cc2C)CC1. The molecule has 8 heteroatoms. The van der Waals surface area contributed by atoms with Crippen molar-refractivity contribution in [1.29, 1.82) is 0 Å². The summed E-state index contributed by atoms with van der Waals surface area (Å²) in [5, 5.41) is 10.8. The Morgan fingerprint density at radius 2 is 1.83 bits per heavy atom. The number of carbonyl (C=O) groups excluding carboxylic acids is 2. The molecule has 1 amide bonds. The monoisotopic (exact) mass is 411 g/mol. The molecule has 3 rings (SSSR count). The second-order valence-corrected chi connectivity index (χ2v) is 7.34. The number of nitro benzene ring substituents is 1. The molecule has 1 aliphatic rings. The first kappa shape index (κ1) is 21.3. The highest BCUT2D eigenvalue weighted by atomic mass is 16.6. The van der Waals surface area contributed by atoms with Gasteiger partial charge in [-0.15, -0.1) is 0 Å². The minimum atomic E-state index is -0.446. The van der Waals surface area contributed by atoms with E-state index >= 15 is 0 Å². The number of hydrogen-bond donors (Lipinski definition) is 0. The van der Waals surface area contributed by atoms with E-state index in [1.807, 2.05) is 30.0 Å². The molecule has 0 N–H and O–H groups in total. The van der Waals surface area contributed by atoms with E-state index in [0.717, 1.165) is 30.6 Å². The first-order valence-corrected chi connectivity index (χ1v) is 9.85. The molecular weight excluding hydrogens is 386 g/mol. The molecule has 158 valence electrons. The van der Waals surface area contributed by atoms with Crippen molar-refractivity contribution in [3.63, 3.8) is 0 Å². The third-order valence-electron chi connectivity index (χ3n) is 5.27. The Labute approximate surface area is 175 Å². The van der Waals surface area contributed by atoms with Crippen molar-refractivity contribution in [1.82, 2.24) is 4.90 Å². The first-order valence-electron chi connectivity index (χ1n) is 9.85. The number of amides is 1. The molecule has 0 radical (unpaired) electrons. The number of piperazine rings is 1. The average Bonchev–Trinajstić information content (AvgIpc) is 2.74. The number of hydrogen-bond acceptors (Lipinski definition) is 6. The van der Waals surface area contributed by atoms with Crippen molar-refractivity contribution in [3.8, 4) is 5.75 Å². The number of ether oxygens (including phenoxy) is 1. The third kappa shape index (κ3) is 4.94. The molecule has 1 aliphatic heterocycles. The Morgan fingerprint density at radius 3 is 2.43 bits per heavy atom. The maximum atomic E-state index is 12.5. The van der Waals surface area contributed by atoms with Crippen molar-refractivity contribution in [2.75, 3.05) is 37.7 Å². The molecule has 0 bridgehead atoms. The number of aldehydes is 1. The zero-order chi connectivity index (χ0) is 21.7. The van der Waals surface area contributed by atoms with Gasteiger partial charge in [-0.05, 0) is 49.2 Å². The average molecular weight is 411 g/mol. The van der Waals surface area contributed by atoms with E-state index in [4.69, 9.17) is 4.74 Å². The Balaban J connectivity index is 1.48. The van der Waals surface area contributed by atoms with Crippen LogP contribution >= 0.6 is 0 Å². The fourth-order valence-electron chi connectivity index (χ4n) is 3.62. The summed E-state index contributed by atoms with van der Waals surface area (Å²) in [6.45, 7) is 6.67. The zero-order valence-corrected chi connectivity index (χ0v) is 17.2. The summed E-state index contributed by atoms with van der Waals surface area (Å²) in [4.78, 5) is 37.8. The summed E-state index contributed by atoms with van der Waals surface area (Å²) in [7, 11) is 0. The molecule has 30 heavy (non-hydrogen) atoms. The number of aryl methyl sites for hydroxylation is 2.